The van der Waals surface area contributed by atoms with Gasteiger partial charge in [0.25, 0.3) is 0 Å². The minimum Gasteiger partial charge on any atom is -0.462 e. The molecule has 1 aliphatic rings. The predicted molar refractivity (Wildman–Crippen MR) is 230 cm³/mol. The van der Waals surface area contributed by atoms with Crippen LogP contribution < -0.4 is 0 Å². The first-order chi connectivity index (χ1) is 28.4. The van der Waals surface area contributed by atoms with Gasteiger partial charge in [0.1, 0.15) is 43.2 Å². The van der Waals surface area contributed by atoms with E-state index in [-0.39, 0.29) is 12.8 Å². The van der Waals surface area contributed by atoms with Crippen LogP contribution in [0.4, 0.5) is 0 Å². The van der Waals surface area contributed by atoms with Gasteiger partial charge in [-0.25, -0.2) is 4.57 Å². The Kier molecular flexibility index (Phi) is 32.5. The Morgan fingerprint density at radius 1 is 0.525 bits per heavy atom. The fraction of sp³-hybridized carbons (Fsp3) is 0.733. The molecular weight excluding hydrogens is 779 g/mol. The maximum atomic E-state index is 12.8. The molecule has 8 atom stereocenters. The number of carbonyl (C=O) groups excluding carboxylic acids is 2. The molecule has 0 aromatic carbocycles. The Hall–Kier alpha value is -2.45. The van der Waals surface area contributed by atoms with Crippen LogP contribution in [0.15, 0.2) is 60.8 Å². The zero-order valence-corrected chi connectivity index (χ0v) is 36.7. The van der Waals surface area contributed by atoms with Crippen LogP contribution >= 0.6 is 7.82 Å². The largest absolute Gasteiger partial charge is 0.472 e. The highest BCUT2D eigenvalue weighted by molar-refractivity contribution is 7.47. The summed E-state index contributed by atoms with van der Waals surface area (Å²) in [5.41, 5.74) is 0. The molecule has 6 N–H and O–H groups in total. The zero-order valence-electron chi connectivity index (χ0n) is 35.8. The van der Waals surface area contributed by atoms with Gasteiger partial charge in [0.05, 0.1) is 6.61 Å². The minimum absolute atomic E-state index is 0.0423. The van der Waals surface area contributed by atoms with Gasteiger partial charge >= 0.3 is 19.8 Å². The molecule has 0 aromatic rings. The molecule has 1 saturated carbocycles. The van der Waals surface area contributed by atoms with Crippen LogP contribution in [0, 0.1) is 0 Å². The summed E-state index contributed by atoms with van der Waals surface area (Å²) in [5.74, 6) is -1.17. The molecule has 1 aliphatic carbocycles. The zero-order chi connectivity index (χ0) is 43.6. The molecule has 0 heterocycles. The number of phosphoric acid groups is 1. The molecule has 14 heteroatoms. The summed E-state index contributed by atoms with van der Waals surface area (Å²) < 4.78 is 33.4. The number of esters is 2. The molecule has 0 bridgehead atoms. The van der Waals surface area contributed by atoms with E-state index in [0.29, 0.717) is 12.8 Å². The summed E-state index contributed by atoms with van der Waals surface area (Å²) >= 11 is 0. The lowest BCUT2D eigenvalue weighted by Crippen LogP contribution is -2.64. The topological polar surface area (TPSA) is 210 Å². The molecular formula is C45H77O13P. The van der Waals surface area contributed by atoms with E-state index in [0.717, 1.165) is 77.0 Å². The third kappa shape index (κ3) is 27.9. The van der Waals surface area contributed by atoms with Crippen LogP contribution in [0.25, 0.3) is 0 Å². The molecule has 1 fully saturated rings. The maximum absolute atomic E-state index is 12.8. The van der Waals surface area contributed by atoms with E-state index in [1.165, 1.54) is 38.5 Å². The average Bonchev–Trinajstić information content (AvgIpc) is 3.21. The van der Waals surface area contributed by atoms with E-state index in [1.807, 2.05) is 0 Å². The van der Waals surface area contributed by atoms with Gasteiger partial charge in [-0.1, -0.05) is 120 Å². The van der Waals surface area contributed by atoms with Gasteiger partial charge in [-0.05, 0) is 83.5 Å². The molecule has 1 rings (SSSR count). The van der Waals surface area contributed by atoms with E-state index < -0.39 is 75.7 Å². The molecule has 0 amide bonds. The van der Waals surface area contributed by atoms with E-state index in [2.05, 4.69) is 74.6 Å². The second-order valence-electron chi connectivity index (χ2n) is 15.2. The quantitative estimate of drug-likeness (QED) is 0.0154. The van der Waals surface area contributed by atoms with E-state index in [1.54, 1.807) is 0 Å². The third-order valence-corrected chi connectivity index (χ3v) is 10.8. The lowest BCUT2D eigenvalue weighted by Gasteiger charge is -2.41. The normalized spacial score (nSPS) is 22.9. The maximum Gasteiger partial charge on any atom is 0.472 e. The van der Waals surface area contributed by atoms with Gasteiger partial charge in [-0.15, -0.1) is 0 Å². The highest BCUT2D eigenvalue weighted by Gasteiger charge is 2.51. The summed E-state index contributed by atoms with van der Waals surface area (Å²) in [6, 6.07) is 0. The Morgan fingerprint density at radius 3 is 1.42 bits per heavy atom. The lowest BCUT2D eigenvalue weighted by atomic mass is 9.85. The van der Waals surface area contributed by atoms with Gasteiger partial charge in [-0.2, -0.15) is 0 Å². The van der Waals surface area contributed by atoms with Gasteiger partial charge in [0.2, 0.25) is 0 Å². The highest BCUT2D eigenvalue weighted by Crippen LogP contribution is 2.47. The molecule has 6 unspecified atom stereocenters. The van der Waals surface area contributed by atoms with E-state index in [4.69, 9.17) is 18.5 Å². The number of unbranched alkanes of at least 4 members (excludes halogenated alkanes) is 13. The Bertz CT molecular complexity index is 1270. The van der Waals surface area contributed by atoms with Crippen molar-refractivity contribution < 1.29 is 63.1 Å². The Balaban J connectivity index is 2.53. The fourth-order valence-electron chi connectivity index (χ4n) is 6.20. The number of aliphatic hydroxyl groups excluding tert-OH is 5. The second kappa shape index (κ2) is 35.2. The predicted octanol–water partition coefficient (Wildman–Crippen LogP) is 8.16. The van der Waals surface area contributed by atoms with Crippen molar-refractivity contribution in [3.63, 3.8) is 0 Å². The molecule has 0 spiro atoms. The summed E-state index contributed by atoms with van der Waals surface area (Å²) in [4.78, 5) is 35.6. The molecule has 0 radical (unpaired) electrons. The number of carbonyl (C=O) groups is 2. The van der Waals surface area contributed by atoms with Crippen molar-refractivity contribution in [2.45, 2.75) is 198 Å². The van der Waals surface area contributed by atoms with Crippen molar-refractivity contribution >= 4 is 19.8 Å². The SMILES string of the molecule is CCCCC/C=C/C/C=C/C/C=C/CCCCC(=O)O[C@H](COC(=O)CCCCCCC/C=C/C/C=C/CCCCC)COP(=O)(O)OC1C(O)C(O)C(O)[C@@H](O)C1O. The minimum atomic E-state index is -5.13. The van der Waals surface area contributed by atoms with Crippen molar-refractivity contribution in [2.75, 3.05) is 13.2 Å². The van der Waals surface area contributed by atoms with Gasteiger partial charge in [0, 0.05) is 12.8 Å². The Labute approximate surface area is 353 Å². The molecule has 0 aromatic heterocycles. The van der Waals surface area contributed by atoms with Crippen molar-refractivity contribution in [3.8, 4) is 0 Å². The number of allylic oxidation sites excluding steroid dienone is 10. The third-order valence-electron chi connectivity index (χ3n) is 9.83. The standard InChI is InChI=1S/C45H77O13P/c1-3-5-7-9-11-13-15-17-19-21-23-25-27-29-31-33-38(46)55-35-37(36-56-59(53,54)58-45-43(51)41(49)40(48)42(50)44(45)52)57-39(47)34-32-30-28-26-24-22-20-18-16-14-12-10-8-6-4-2/h11-14,17-20,24,26,37,40-45,48-52H,3-10,15-16,21-23,25,27-36H2,1-2H3,(H,53,54)/b13-11+,14-12+,19-17+,20-18+,26-24+/t37-,40?,41-,42?,43?,44?,45?/m1/s1. The number of phosphoric ester groups is 1. The van der Waals surface area contributed by atoms with Crippen molar-refractivity contribution in [3.05, 3.63) is 60.8 Å². The van der Waals surface area contributed by atoms with Gasteiger partial charge in [0.15, 0.2) is 6.10 Å². The van der Waals surface area contributed by atoms with Crippen molar-refractivity contribution in [1.29, 1.82) is 0 Å². The van der Waals surface area contributed by atoms with Crippen LogP contribution in [0.1, 0.15) is 155 Å². The number of rotatable bonds is 35. The fourth-order valence-corrected chi connectivity index (χ4v) is 7.18. The molecule has 0 saturated heterocycles. The van der Waals surface area contributed by atoms with Crippen LogP contribution in [-0.4, -0.2) is 98.3 Å². The number of ether oxygens (including phenoxy) is 2. The lowest BCUT2D eigenvalue weighted by molar-refractivity contribution is -0.220. The molecule has 340 valence electrons. The number of hydrogen-bond acceptors (Lipinski definition) is 12. The van der Waals surface area contributed by atoms with Gasteiger partial charge < -0.3 is 39.9 Å². The first-order valence-electron chi connectivity index (χ1n) is 22.1. The first-order valence-corrected chi connectivity index (χ1v) is 23.6. The van der Waals surface area contributed by atoms with Crippen molar-refractivity contribution in [1.82, 2.24) is 0 Å². The molecule has 59 heavy (non-hydrogen) atoms. The molecule has 13 nitrogen and oxygen atoms in total. The molecule has 0 aliphatic heterocycles. The van der Waals surface area contributed by atoms with Crippen LogP contribution in [0.5, 0.6) is 0 Å². The second-order valence-corrected chi connectivity index (χ2v) is 16.6. The summed E-state index contributed by atoms with van der Waals surface area (Å²) in [6.07, 6.45) is 28.5. The summed E-state index contributed by atoms with van der Waals surface area (Å²) in [7, 11) is -5.13. The van der Waals surface area contributed by atoms with Crippen molar-refractivity contribution in [2.24, 2.45) is 0 Å². The highest BCUT2D eigenvalue weighted by atomic mass is 31.2. The van der Waals surface area contributed by atoms with Crippen LogP contribution in [0.2, 0.25) is 0 Å². The van der Waals surface area contributed by atoms with Crippen LogP contribution in [0.3, 0.4) is 0 Å². The summed E-state index contributed by atoms with van der Waals surface area (Å²) in [6.45, 7) is 3.18. The van der Waals surface area contributed by atoms with E-state index >= 15 is 0 Å². The number of hydrogen-bond donors (Lipinski definition) is 6. The number of aliphatic hydroxyl groups is 5. The monoisotopic (exact) mass is 857 g/mol. The first kappa shape index (κ1) is 54.6. The summed E-state index contributed by atoms with van der Waals surface area (Å²) in [5, 5.41) is 50.1. The van der Waals surface area contributed by atoms with E-state index in [9.17, 15) is 44.6 Å². The average molecular weight is 857 g/mol. The van der Waals surface area contributed by atoms with Gasteiger partial charge in [-0.3, -0.25) is 18.6 Å². The smallest absolute Gasteiger partial charge is 0.462 e. The Morgan fingerprint density at radius 2 is 0.915 bits per heavy atom. The van der Waals surface area contributed by atoms with Crippen LogP contribution in [-0.2, 0) is 32.7 Å².